The molecule has 3 heteroatoms. The highest BCUT2D eigenvalue weighted by atomic mass is 32.2. The normalized spacial score (nSPS) is 10.3. The van der Waals surface area contributed by atoms with Crippen molar-refractivity contribution in [1.29, 1.82) is 0 Å². The summed E-state index contributed by atoms with van der Waals surface area (Å²) in [6.45, 7) is 0. The molecule has 0 saturated carbocycles. The zero-order valence-electron chi connectivity index (χ0n) is 11.3. The first kappa shape index (κ1) is 13.6. The van der Waals surface area contributed by atoms with Crippen molar-refractivity contribution in [3.05, 3.63) is 90.1 Å². The Morgan fingerprint density at radius 3 is 2.05 bits per heavy atom. The molecule has 0 aliphatic heterocycles. The Bertz CT molecular complexity index is 724. The molecule has 0 aliphatic rings. The maximum atomic E-state index is 12.3. The Kier molecular flexibility index (Phi) is 4.12. The summed E-state index contributed by atoms with van der Waals surface area (Å²) in [6, 6.07) is 23.0. The van der Waals surface area contributed by atoms with Gasteiger partial charge in [-0.2, -0.15) is 0 Å². The number of benzene rings is 2. The second kappa shape index (κ2) is 6.37. The molecule has 0 aliphatic carbocycles. The summed E-state index contributed by atoms with van der Waals surface area (Å²) in [7, 11) is 0. The van der Waals surface area contributed by atoms with Crippen LogP contribution in [0, 0.1) is 0 Å². The molecule has 0 unspecified atom stereocenters. The van der Waals surface area contributed by atoms with Gasteiger partial charge in [-0.05, 0) is 24.3 Å². The van der Waals surface area contributed by atoms with Crippen molar-refractivity contribution < 1.29 is 4.79 Å². The van der Waals surface area contributed by atoms with E-state index in [2.05, 4.69) is 4.98 Å². The maximum absolute atomic E-state index is 12.3. The minimum Gasteiger partial charge on any atom is -0.289 e. The molecule has 102 valence electrons. The Labute approximate surface area is 127 Å². The van der Waals surface area contributed by atoms with E-state index in [9.17, 15) is 4.79 Å². The van der Waals surface area contributed by atoms with E-state index in [-0.39, 0.29) is 5.78 Å². The van der Waals surface area contributed by atoms with Crippen LogP contribution in [0.5, 0.6) is 0 Å². The number of carbonyl (C=O) groups is 1. The van der Waals surface area contributed by atoms with Gasteiger partial charge in [-0.15, -0.1) is 0 Å². The summed E-state index contributed by atoms with van der Waals surface area (Å²) in [5, 5.41) is 0.880. The molecule has 0 atom stereocenters. The van der Waals surface area contributed by atoms with Gasteiger partial charge in [0.1, 0.15) is 5.03 Å². The van der Waals surface area contributed by atoms with Crippen LogP contribution in [-0.4, -0.2) is 10.8 Å². The Hall–Kier alpha value is -2.39. The van der Waals surface area contributed by atoms with Gasteiger partial charge in [-0.1, -0.05) is 60.3 Å². The van der Waals surface area contributed by atoms with Crippen LogP contribution in [0.1, 0.15) is 15.9 Å². The SMILES string of the molecule is O=C(c1ccccc1)c1ccc(Sc2ccccc2)nc1. The monoisotopic (exact) mass is 291 g/mol. The molecule has 21 heavy (non-hydrogen) atoms. The van der Waals surface area contributed by atoms with Crippen LogP contribution in [0.15, 0.2) is 88.9 Å². The number of aromatic nitrogens is 1. The number of rotatable bonds is 4. The standard InChI is InChI=1S/C18H13NOS/c20-18(14-7-3-1-4-8-14)15-11-12-17(19-13-15)21-16-9-5-2-6-10-16/h1-13H. The molecule has 2 aromatic carbocycles. The van der Waals surface area contributed by atoms with Crippen LogP contribution < -0.4 is 0 Å². The highest BCUT2D eigenvalue weighted by molar-refractivity contribution is 7.99. The third kappa shape index (κ3) is 3.38. The van der Waals surface area contributed by atoms with Crippen molar-refractivity contribution in [3.8, 4) is 0 Å². The van der Waals surface area contributed by atoms with Gasteiger partial charge in [0.15, 0.2) is 5.78 Å². The van der Waals surface area contributed by atoms with Crippen molar-refractivity contribution >= 4 is 17.5 Å². The number of hydrogen-bond acceptors (Lipinski definition) is 3. The maximum Gasteiger partial charge on any atom is 0.194 e. The van der Waals surface area contributed by atoms with Gasteiger partial charge < -0.3 is 0 Å². The van der Waals surface area contributed by atoms with Gasteiger partial charge in [0, 0.05) is 22.2 Å². The third-order valence-electron chi connectivity index (χ3n) is 3.00. The molecular formula is C18H13NOS. The van der Waals surface area contributed by atoms with E-state index < -0.39 is 0 Å². The number of pyridine rings is 1. The largest absolute Gasteiger partial charge is 0.289 e. The Morgan fingerprint density at radius 1 is 0.762 bits per heavy atom. The smallest absolute Gasteiger partial charge is 0.194 e. The Morgan fingerprint density at radius 2 is 1.43 bits per heavy atom. The first-order valence-electron chi connectivity index (χ1n) is 6.61. The summed E-state index contributed by atoms with van der Waals surface area (Å²) in [5.74, 6) is -0.000592. The Balaban J connectivity index is 1.77. The average Bonchev–Trinajstić information content (AvgIpc) is 2.57. The van der Waals surface area contributed by atoms with E-state index in [4.69, 9.17) is 0 Å². The lowest BCUT2D eigenvalue weighted by molar-refractivity contribution is 0.103. The van der Waals surface area contributed by atoms with E-state index in [0.29, 0.717) is 11.1 Å². The van der Waals surface area contributed by atoms with Crippen LogP contribution in [0.4, 0.5) is 0 Å². The zero-order valence-corrected chi connectivity index (χ0v) is 12.1. The van der Waals surface area contributed by atoms with Gasteiger partial charge in [-0.25, -0.2) is 4.98 Å². The van der Waals surface area contributed by atoms with E-state index in [1.54, 1.807) is 18.0 Å². The van der Waals surface area contributed by atoms with Gasteiger partial charge in [-0.3, -0.25) is 4.79 Å². The molecule has 0 N–H and O–H groups in total. The molecule has 0 fully saturated rings. The van der Waals surface area contributed by atoms with E-state index in [1.165, 1.54) is 0 Å². The zero-order chi connectivity index (χ0) is 14.5. The topological polar surface area (TPSA) is 30.0 Å². The van der Waals surface area contributed by atoms with Crippen LogP contribution in [0.2, 0.25) is 0 Å². The lowest BCUT2D eigenvalue weighted by atomic mass is 10.1. The molecule has 0 bridgehead atoms. The fraction of sp³-hybridized carbons (Fsp3) is 0. The number of hydrogen-bond donors (Lipinski definition) is 0. The summed E-state index contributed by atoms with van der Waals surface area (Å²) < 4.78 is 0. The molecule has 1 aromatic heterocycles. The van der Waals surface area contributed by atoms with Gasteiger partial charge in [0.2, 0.25) is 0 Å². The molecule has 1 heterocycles. The number of ketones is 1. The van der Waals surface area contributed by atoms with Gasteiger partial charge >= 0.3 is 0 Å². The highest BCUT2D eigenvalue weighted by Crippen LogP contribution is 2.25. The third-order valence-corrected chi connectivity index (χ3v) is 3.96. The second-order valence-corrected chi connectivity index (χ2v) is 5.59. The van der Waals surface area contributed by atoms with Crippen molar-refractivity contribution in [1.82, 2.24) is 4.98 Å². The molecule has 0 spiro atoms. The summed E-state index contributed by atoms with van der Waals surface area (Å²) in [4.78, 5) is 17.8. The highest BCUT2D eigenvalue weighted by Gasteiger charge is 2.09. The fourth-order valence-corrected chi connectivity index (χ4v) is 2.72. The van der Waals surface area contributed by atoms with Crippen LogP contribution in [-0.2, 0) is 0 Å². The summed E-state index contributed by atoms with van der Waals surface area (Å²) in [5.41, 5.74) is 1.29. The van der Waals surface area contributed by atoms with Crippen molar-refractivity contribution in [3.63, 3.8) is 0 Å². The number of carbonyl (C=O) groups excluding carboxylic acids is 1. The quantitative estimate of drug-likeness (QED) is 0.665. The molecule has 3 aromatic rings. The van der Waals surface area contributed by atoms with Crippen LogP contribution in [0.25, 0.3) is 0 Å². The van der Waals surface area contributed by atoms with Crippen molar-refractivity contribution in [2.75, 3.05) is 0 Å². The first-order chi connectivity index (χ1) is 10.3. The fourth-order valence-electron chi connectivity index (χ4n) is 1.94. The van der Waals surface area contributed by atoms with Crippen molar-refractivity contribution in [2.24, 2.45) is 0 Å². The lowest BCUT2D eigenvalue weighted by Crippen LogP contribution is -2.01. The number of nitrogens with zero attached hydrogens (tertiary/aromatic N) is 1. The summed E-state index contributed by atoms with van der Waals surface area (Å²) in [6.07, 6.45) is 1.64. The van der Waals surface area contributed by atoms with Gasteiger partial charge in [0.05, 0.1) is 0 Å². The minimum atomic E-state index is -0.000592. The second-order valence-electron chi connectivity index (χ2n) is 4.50. The minimum absolute atomic E-state index is 0.000592. The molecule has 0 radical (unpaired) electrons. The van der Waals surface area contributed by atoms with E-state index >= 15 is 0 Å². The molecule has 0 saturated heterocycles. The average molecular weight is 291 g/mol. The lowest BCUT2D eigenvalue weighted by Gasteiger charge is -2.03. The van der Waals surface area contributed by atoms with E-state index in [1.807, 2.05) is 72.8 Å². The molecule has 3 rings (SSSR count). The summed E-state index contributed by atoms with van der Waals surface area (Å²) >= 11 is 1.58. The first-order valence-corrected chi connectivity index (χ1v) is 7.43. The van der Waals surface area contributed by atoms with Crippen LogP contribution >= 0.6 is 11.8 Å². The molecule has 2 nitrogen and oxygen atoms in total. The molecule has 0 amide bonds. The predicted octanol–water partition coefficient (Wildman–Crippen LogP) is 4.46. The van der Waals surface area contributed by atoms with Crippen molar-refractivity contribution in [2.45, 2.75) is 9.92 Å². The molecular weight excluding hydrogens is 278 g/mol. The van der Waals surface area contributed by atoms with E-state index in [0.717, 1.165) is 9.92 Å². The predicted molar refractivity (Wildman–Crippen MR) is 84.7 cm³/mol. The van der Waals surface area contributed by atoms with Crippen LogP contribution in [0.3, 0.4) is 0 Å². The van der Waals surface area contributed by atoms with Gasteiger partial charge in [0.25, 0.3) is 0 Å².